The number of alkyl halides is 1. The van der Waals surface area contributed by atoms with E-state index in [2.05, 4.69) is 9.97 Å². The summed E-state index contributed by atoms with van der Waals surface area (Å²) in [6, 6.07) is 1.79. The molecule has 0 amide bonds. The van der Waals surface area contributed by atoms with E-state index in [4.69, 9.17) is 16.3 Å². The summed E-state index contributed by atoms with van der Waals surface area (Å²) in [6.07, 6.45) is 1.69. The third-order valence-electron chi connectivity index (χ3n) is 1.34. The van der Waals surface area contributed by atoms with Crippen LogP contribution in [0.5, 0.6) is 0 Å². The van der Waals surface area contributed by atoms with E-state index in [0.717, 1.165) is 5.69 Å². The van der Waals surface area contributed by atoms with E-state index in [9.17, 15) is 0 Å². The smallest absolute Gasteiger partial charge is 0.154 e. The van der Waals surface area contributed by atoms with Crippen molar-refractivity contribution in [3.05, 3.63) is 23.8 Å². The molecule has 4 heteroatoms. The molecule has 0 atom stereocenters. The molecule has 1 rings (SSSR count). The molecule has 3 nitrogen and oxygen atoms in total. The van der Waals surface area contributed by atoms with Gasteiger partial charge in [-0.05, 0) is 13.0 Å². The summed E-state index contributed by atoms with van der Waals surface area (Å²) in [4.78, 5) is 8.19. The van der Waals surface area contributed by atoms with Gasteiger partial charge in [0.25, 0.3) is 0 Å². The fraction of sp³-hybridized carbons (Fsp3) is 0.500. The number of aromatic nitrogens is 2. The Labute approximate surface area is 76.7 Å². The average Bonchev–Trinajstić information content (AvgIpc) is 2.15. The van der Waals surface area contributed by atoms with E-state index in [1.807, 2.05) is 6.92 Å². The SMILES string of the molecule is CCOCc1nccc(CCl)n1. The average molecular weight is 187 g/mol. The fourth-order valence-corrected chi connectivity index (χ4v) is 0.927. The minimum atomic E-state index is 0.418. The molecule has 0 aliphatic rings. The van der Waals surface area contributed by atoms with Crippen molar-refractivity contribution in [3.8, 4) is 0 Å². The van der Waals surface area contributed by atoms with Crippen LogP contribution in [0.1, 0.15) is 18.4 Å². The first-order chi connectivity index (χ1) is 5.86. The maximum atomic E-state index is 5.60. The summed E-state index contributed by atoms with van der Waals surface area (Å²) >= 11 is 5.60. The lowest BCUT2D eigenvalue weighted by Gasteiger charge is -2.00. The summed E-state index contributed by atoms with van der Waals surface area (Å²) in [6.45, 7) is 3.07. The Morgan fingerprint density at radius 2 is 2.42 bits per heavy atom. The Kier molecular flexibility index (Phi) is 3.97. The van der Waals surface area contributed by atoms with Gasteiger partial charge in [-0.3, -0.25) is 0 Å². The van der Waals surface area contributed by atoms with Crippen LogP contribution in [0.25, 0.3) is 0 Å². The maximum absolute atomic E-state index is 5.60. The Bertz CT molecular complexity index is 242. The Hall–Kier alpha value is -0.670. The standard InChI is InChI=1S/C8H11ClN2O/c1-2-12-6-8-10-4-3-7(5-9)11-8/h3-4H,2,5-6H2,1H3. The summed E-state index contributed by atoms with van der Waals surface area (Å²) in [5, 5.41) is 0. The quantitative estimate of drug-likeness (QED) is 0.672. The number of rotatable bonds is 4. The van der Waals surface area contributed by atoms with Crippen LogP contribution in [0.4, 0.5) is 0 Å². The largest absolute Gasteiger partial charge is 0.374 e. The second-order valence-electron chi connectivity index (χ2n) is 2.23. The Morgan fingerprint density at radius 1 is 1.58 bits per heavy atom. The lowest BCUT2D eigenvalue weighted by molar-refractivity contribution is 0.128. The van der Waals surface area contributed by atoms with Gasteiger partial charge < -0.3 is 4.74 Å². The number of ether oxygens (including phenoxy) is 1. The summed E-state index contributed by atoms with van der Waals surface area (Å²) < 4.78 is 5.15. The van der Waals surface area contributed by atoms with E-state index in [-0.39, 0.29) is 0 Å². The number of halogens is 1. The van der Waals surface area contributed by atoms with Crippen LogP contribution in [-0.4, -0.2) is 16.6 Å². The maximum Gasteiger partial charge on any atom is 0.154 e. The number of nitrogens with zero attached hydrogens (tertiary/aromatic N) is 2. The highest BCUT2D eigenvalue weighted by Crippen LogP contribution is 2.00. The highest BCUT2D eigenvalue weighted by atomic mass is 35.5. The fourth-order valence-electron chi connectivity index (χ4n) is 0.779. The molecule has 0 aliphatic heterocycles. The molecule has 0 aromatic carbocycles. The molecule has 1 aromatic rings. The van der Waals surface area contributed by atoms with Gasteiger partial charge in [0.15, 0.2) is 5.82 Å². The zero-order chi connectivity index (χ0) is 8.81. The van der Waals surface area contributed by atoms with Crippen LogP contribution in [-0.2, 0) is 17.2 Å². The van der Waals surface area contributed by atoms with Crippen molar-refractivity contribution in [1.82, 2.24) is 9.97 Å². The van der Waals surface area contributed by atoms with Crippen LogP contribution in [0.2, 0.25) is 0 Å². The van der Waals surface area contributed by atoms with Crippen LogP contribution in [0.15, 0.2) is 12.3 Å². The molecule has 0 spiro atoms. The molecule has 0 N–H and O–H groups in total. The molecule has 0 saturated carbocycles. The Balaban J connectivity index is 2.60. The Morgan fingerprint density at radius 3 is 3.08 bits per heavy atom. The van der Waals surface area contributed by atoms with Gasteiger partial charge in [-0.25, -0.2) is 9.97 Å². The molecular weight excluding hydrogens is 176 g/mol. The molecular formula is C8H11ClN2O. The summed E-state index contributed by atoms with van der Waals surface area (Å²) in [5.74, 6) is 1.11. The second kappa shape index (κ2) is 5.06. The van der Waals surface area contributed by atoms with Crippen molar-refractivity contribution < 1.29 is 4.74 Å². The van der Waals surface area contributed by atoms with Gasteiger partial charge in [0.1, 0.15) is 6.61 Å². The van der Waals surface area contributed by atoms with Gasteiger partial charge in [0.2, 0.25) is 0 Å². The van der Waals surface area contributed by atoms with Gasteiger partial charge in [0.05, 0.1) is 11.6 Å². The van der Waals surface area contributed by atoms with Crippen molar-refractivity contribution in [1.29, 1.82) is 0 Å². The summed E-state index contributed by atoms with van der Waals surface area (Å²) in [7, 11) is 0. The highest BCUT2D eigenvalue weighted by molar-refractivity contribution is 6.16. The van der Waals surface area contributed by atoms with Crippen molar-refractivity contribution in [3.63, 3.8) is 0 Å². The minimum Gasteiger partial charge on any atom is -0.374 e. The van der Waals surface area contributed by atoms with Gasteiger partial charge in [-0.2, -0.15) is 0 Å². The molecule has 66 valence electrons. The third kappa shape index (κ3) is 2.75. The van der Waals surface area contributed by atoms with Crippen LogP contribution < -0.4 is 0 Å². The number of hydrogen-bond donors (Lipinski definition) is 0. The van der Waals surface area contributed by atoms with E-state index in [1.165, 1.54) is 0 Å². The van der Waals surface area contributed by atoms with E-state index < -0.39 is 0 Å². The molecule has 0 radical (unpaired) electrons. The van der Waals surface area contributed by atoms with Gasteiger partial charge >= 0.3 is 0 Å². The molecule has 0 saturated heterocycles. The first kappa shape index (κ1) is 9.42. The minimum absolute atomic E-state index is 0.418. The van der Waals surface area contributed by atoms with Crippen LogP contribution >= 0.6 is 11.6 Å². The van der Waals surface area contributed by atoms with E-state index in [0.29, 0.717) is 24.9 Å². The van der Waals surface area contributed by atoms with Gasteiger partial charge in [-0.1, -0.05) is 0 Å². The predicted octanol–water partition coefficient (Wildman–Crippen LogP) is 1.75. The van der Waals surface area contributed by atoms with E-state index in [1.54, 1.807) is 12.3 Å². The van der Waals surface area contributed by atoms with E-state index >= 15 is 0 Å². The third-order valence-corrected chi connectivity index (χ3v) is 1.61. The topological polar surface area (TPSA) is 35.0 Å². The molecule has 1 heterocycles. The first-order valence-electron chi connectivity index (χ1n) is 3.81. The van der Waals surface area contributed by atoms with Gasteiger partial charge in [0, 0.05) is 12.8 Å². The van der Waals surface area contributed by atoms with Crippen LogP contribution in [0.3, 0.4) is 0 Å². The first-order valence-corrected chi connectivity index (χ1v) is 4.34. The molecule has 12 heavy (non-hydrogen) atoms. The van der Waals surface area contributed by atoms with Crippen molar-refractivity contribution in [2.45, 2.75) is 19.4 Å². The van der Waals surface area contributed by atoms with Crippen molar-refractivity contribution >= 4 is 11.6 Å². The second-order valence-corrected chi connectivity index (χ2v) is 2.50. The highest BCUT2D eigenvalue weighted by Gasteiger charge is 1.97. The zero-order valence-electron chi connectivity index (χ0n) is 6.96. The monoisotopic (exact) mass is 186 g/mol. The van der Waals surface area contributed by atoms with Crippen molar-refractivity contribution in [2.75, 3.05) is 6.61 Å². The summed E-state index contributed by atoms with van der Waals surface area (Å²) in [5.41, 5.74) is 0.835. The molecule has 0 bridgehead atoms. The molecule has 1 aromatic heterocycles. The van der Waals surface area contributed by atoms with Gasteiger partial charge in [-0.15, -0.1) is 11.6 Å². The predicted molar refractivity (Wildman–Crippen MR) is 46.9 cm³/mol. The van der Waals surface area contributed by atoms with Crippen molar-refractivity contribution in [2.24, 2.45) is 0 Å². The molecule has 0 aliphatic carbocycles. The zero-order valence-corrected chi connectivity index (χ0v) is 7.71. The molecule has 0 unspecified atom stereocenters. The number of hydrogen-bond acceptors (Lipinski definition) is 3. The lowest BCUT2D eigenvalue weighted by atomic mass is 10.4. The lowest BCUT2D eigenvalue weighted by Crippen LogP contribution is -2.00. The van der Waals surface area contributed by atoms with Crippen LogP contribution in [0, 0.1) is 0 Å². The normalized spacial score (nSPS) is 10.2. The molecule has 0 fully saturated rings.